The third kappa shape index (κ3) is 4.32. The molecule has 0 fully saturated rings. The Morgan fingerprint density at radius 2 is 1.05 bits per heavy atom. The van der Waals surface area contributed by atoms with Crippen molar-refractivity contribution in [2.75, 3.05) is 0 Å². The Labute approximate surface area is 156 Å². The van der Waals surface area contributed by atoms with Gasteiger partial charge in [0.25, 0.3) is 0 Å². The second-order valence-electron chi connectivity index (χ2n) is 6.37. The number of halogens is 2. The Kier molecular flexibility index (Phi) is 9.53. The Morgan fingerprint density at radius 3 is 1.25 bits per heavy atom. The summed E-state index contributed by atoms with van der Waals surface area (Å²) < 4.78 is 0. The maximum atomic E-state index is 2.54. The smallest absolute Gasteiger partial charge is 1.00 e. The van der Waals surface area contributed by atoms with E-state index in [0.717, 1.165) is 11.1 Å². The Hall–Kier alpha value is 0.640. The minimum Gasteiger partial charge on any atom is -1.00 e. The maximum absolute atomic E-state index is 2.54. The fourth-order valence-corrected chi connectivity index (χ4v) is 7.86. The first-order valence-corrected chi connectivity index (χ1v) is 9.71. The van der Waals surface area contributed by atoms with Crippen LogP contribution in [0.4, 0.5) is 0 Å². The third-order valence-corrected chi connectivity index (χ3v) is 8.80. The van der Waals surface area contributed by atoms with Crippen LogP contribution in [0.5, 0.6) is 0 Å². The molecule has 0 aromatic rings. The summed E-state index contributed by atoms with van der Waals surface area (Å²) in [4.78, 5) is 0. The van der Waals surface area contributed by atoms with E-state index >= 15 is 0 Å². The molecule has 0 aromatic heterocycles. The molecule has 0 aromatic carbocycles. The molecule has 0 amide bonds. The monoisotopic (exact) mass is 404 g/mol. The van der Waals surface area contributed by atoms with E-state index in [1.807, 2.05) is 0 Å². The minimum atomic E-state index is -1.34. The Bertz CT molecular complexity index is 431. The molecule has 2 unspecified atom stereocenters. The molecular weight excluding hydrogens is 382 g/mol. The van der Waals surface area contributed by atoms with E-state index in [4.69, 9.17) is 0 Å². The minimum absolute atomic E-state index is 0. The van der Waals surface area contributed by atoms with E-state index in [9.17, 15) is 0 Å². The van der Waals surface area contributed by atoms with Crippen molar-refractivity contribution in [3.8, 4) is 0 Å². The van der Waals surface area contributed by atoms with Gasteiger partial charge in [0.05, 0.1) is 8.07 Å². The zero-order valence-electron chi connectivity index (χ0n) is 13.2. The Morgan fingerprint density at radius 1 is 0.750 bits per heavy atom. The first-order valence-electron chi connectivity index (χ1n) is 6.55. The summed E-state index contributed by atoms with van der Waals surface area (Å²) in [6.45, 7) is 14.1. The summed E-state index contributed by atoms with van der Waals surface area (Å²) >= 11 is 0. The fourth-order valence-electron chi connectivity index (χ4n) is 3.58. The van der Waals surface area contributed by atoms with Gasteiger partial charge in [0.1, 0.15) is 0 Å². The van der Waals surface area contributed by atoms with Crippen molar-refractivity contribution < 1.29 is 51.0 Å². The van der Waals surface area contributed by atoms with Crippen molar-refractivity contribution in [1.29, 1.82) is 0 Å². The number of hydrogen-bond donors (Lipinski definition) is 0. The zero-order valence-corrected chi connectivity index (χ0v) is 18.2. The first kappa shape index (κ1) is 22.9. The predicted molar refractivity (Wildman–Crippen MR) is 80.0 cm³/mol. The topological polar surface area (TPSA) is 0 Å². The van der Waals surface area contributed by atoms with Crippen molar-refractivity contribution >= 4 is 8.07 Å². The van der Waals surface area contributed by atoms with Gasteiger partial charge in [-0.05, 0) is 38.8 Å². The molecule has 0 heterocycles. The van der Waals surface area contributed by atoms with Crippen molar-refractivity contribution in [2.24, 2.45) is 0 Å². The van der Waals surface area contributed by atoms with Crippen molar-refractivity contribution in [2.45, 2.75) is 51.9 Å². The van der Waals surface area contributed by atoms with Gasteiger partial charge in [0.2, 0.25) is 0 Å². The van der Waals surface area contributed by atoms with Gasteiger partial charge in [0.15, 0.2) is 0 Å². The van der Waals surface area contributed by atoms with E-state index in [1.165, 1.54) is 11.1 Å². The van der Waals surface area contributed by atoms with Crippen LogP contribution in [0.1, 0.15) is 27.7 Å². The Balaban J connectivity index is 0. The van der Waals surface area contributed by atoms with Gasteiger partial charge in [-0.2, -0.15) is 0 Å². The van der Waals surface area contributed by atoms with Crippen LogP contribution in [0, 0.1) is 0 Å². The first-order chi connectivity index (χ1) is 7.82. The molecule has 0 spiro atoms. The van der Waals surface area contributed by atoms with E-state index in [-0.39, 0.29) is 51.0 Å². The third-order valence-electron chi connectivity index (χ3n) is 4.35. The van der Waals surface area contributed by atoms with Crippen LogP contribution in [0.2, 0.25) is 24.2 Å². The summed E-state index contributed by atoms with van der Waals surface area (Å²) in [6, 6.07) is 0. The normalized spacial score (nSPS) is 24.5. The van der Waals surface area contributed by atoms with Crippen LogP contribution >= 0.6 is 0 Å². The summed E-state index contributed by atoms with van der Waals surface area (Å²) in [5, 5.41) is 0. The molecule has 0 nitrogen and oxygen atoms in total. The van der Waals surface area contributed by atoms with Crippen LogP contribution in [-0.2, 0) is 26.2 Å². The van der Waals surface area contributed by atoms with Crippen LogP contribution in [-0.4, -0.2) is 8.07 Å². The summed E-state index contributed by atoms with van der Waals surface area (Å²) in [7, 11) is -1.34. The quantitative estimate of drug-likeness (QED) is 0.530. The summed E-state index contributed by atoms with van der Waals surface area (Å²) in [6.07, 6.45) is 9.72. The van der Waals surface area contributed by atoms with Crippen LogP contribution in [0.25, 0.3) is 0 Å². The van der Waals surface area contributed by atoms with E-state index in [1.54, 1.807) is 11.1 Å². The largest absolute Gasteiger partial charge is 2.00 e. The predicted octanol–water partition coefficient (Wildman–Crippen LogP) is -0.747. The van der Waals surface area contributed by atoms with Crippen LogP contribution in [0.3, 0.4) is 0 Å². The maximum Gasteiger partial charge on any atom is 2.00 e. The van der Waals surface area contributed by atoms with Gasteiger partial charge >= 0.3 is 26.2 Å². The molecule has 20 heavy (non-hydrogen) atoms. The van der Waals surface area contributed by atoms with E-state index in [2.05, 4.69) is 65.1 Å². The number of hydrogen-bond acceptors (Lipinski definition) is 0. The van der Waals surface area contributed by atoms with Crippen molar-refractivity contribution in [3.63, 3.8) is 0 Å². The van der Waals surface area contributed by atoms with Gasteiger partial charge in [-0.25, -0.2) is 0 Å². The van der Waals surface area contributed by atoms with E-state index < -0.39 is 8.07 Å². The van der Waals surface area contributed by atoms with Gasteiger partial charge in [-0.1, -0.05) is 59.7 Å². The molecule has 2 atom stereocenters. The van der Waals surface area contributed by atoms with Crippen molar-refractivity contribution in [1.82, 2.24) is 0 Å². The molecule has 2 aliphatic rings. The van der Waals surface area contributed by atoms with Crippen molar-refractivity contribution in [3.05, 3.63) is 46.6 Å². The van der Waals surface area contributed by atoms with Crippen LogP contribution < -0.4 is 24.8 Å². The second kappa shape index (κ2) is 8.32. The molecule has 0 N–H and O–H groups in total. The van der Waals surface area contributed by atoms with Gasteiger partial charge in [0, 0.05) is 0 Å². The standard InChI is InChI=1S/C16H24Si.2ClH.Zr/c1-11-7-13(3)15(9-11)17(5,6)16-10-12(2)8-14(16)4;;;/h7-10,15-16H,1-6H3;2*1H;/q;;;+2/p-2. The molecule has 2 rings (SSSR count). The summed E-state index contributed by atoms with van der Waals surface area (Å²) in [5.41, 5.74) is 7.49. The second-order valence-corrected chi connectivity index (χ2v) is 11.3. The average Bonchev–Trinajstić information content (AvgIpc) is 2.70. The average molecular weight is 407 g/mol. The van der Waals surface area contributed by atoms with Gasteiger partial charge in [-0.15, -0.1) is 0 Å². The zero-order chi connectivity index (χ0) is 12.8. The molecule has 110 valence electrons. The van der Waals surface area contributed by atoms with Gasteiger partial charge in [-0.3, -0.25) is 0 Å². The molecular formula is C16H24Cl2SiZr. The molecule has 0 aliphatic heterocycles. The molecule has 0 radical (unpaired) electrons. The van der Waals surface area contributed by atoms with Crippen LogP contribution in [0.15, 0.2) is 46.6 Å². The molecule has 2 aliphatic carbocycles. The SMILES string of the molecule is CC1=CC([Si](C)(C)C2C=C(C)C=C2C)C(C)=C1.[Cl-].[Cl-].[Zr+2]. The van der Waals surface area contributed by atoms with Gasteiger partial charge < -0.3 is 24.8 Å². The summed E-state index contributed by atoms with van der Waals surface area (Å²) in [5.74, 6) is 0. The molecule has 0 bridgehead atoms. The fraction of sp³-hybridized carbons (Fsp3) is 0.500. The number of allylic oxidation sites excluding steroid dienone is 8. The number of rotatable bonds is 2. The molecule has 0 saturated heterocycles. The van der Waals surface area contributed by atoms with E-state index in [0.29, 0.717) is 0 Å². The molecule has 4 heteroatoms. The molecule has 0 saturated carbocycles.